The molecule has 4 N–H and O–H groups in total. The molecule has 0 fully saturated rings. The fraction of sp³-hybridized carbons (Fsp3) is 0.727. The number of amides is 3. The van der Waals surface area contributed by atoms with Gasteiger partial charge in [-0.3, -0.25) is 14.4 Å². The van der Waals surface area contributed by atoms with Crippen molar-refractivity contribution in [3.05, 3.63) is 0 Å². The molecule has 0 aromatic heterocycles. The van der Waals surface area contributed by atoms with E-state index in [2.05, 4.69) is 10.6 Å². The second-order valence-electron chi connectivity index (χ2n) is 4.56. The maximum atomic E-state index is 11.7. The molecule has 0 bridgehead atoms. The average Bonchev–Trinajstić information content (AvgIpc) is 2.22. The first kappa shape index (κ1) is 15.4. The molecule has 0 saturated carbocycles. The van der Waals surface area contributed by atoms with Gasteiger partial charge < -0.3 is 16.4 Å². The van der Waals surface area contributed by atoms with Crippen molar-refractivity contribution in [2.75, 3.05) is 13.1 Å². The number of carbonyl (C=O) groups excluding carboxylic acids is 3. The summed E-state index contributed by atoms with van der Waals surface area (Å²) in [4.78, 5) is 33.3. The van der Waals surface area contributed by atoms with Crippen molar-refractivity contribution in [3.63, 3.8) is 0 Å². The summed E-state index contributed by atoms with van der Waals surface area (Å²) >= 11 is 0. The highest BCUT2D eigenvalue weighted by molar-refractivity contribution is 5.89. The standard InChI is InChI=1S/C11H21N3O3/c1-4-5-11(2,3)10(17)14-7-9(16)13-6-8(12)15/h4-7H2,1-3H3,(H2,12,15)(H,13,16)(H,14,17). The van der Waals surface area contributed by atoms with Crippen LogP contribution in [0.1, 0.15) is 33.6 Å². The van der Waals surface area contributed by atoms with Crippen molar-refractivity contribution in [2.24, 2.45) is 11.1 Å². The Morgan fingerprint density at radius 2 is 1.71 bits per heavy atom. The Labute approximate surface area is 101 Å². The third kappa shape index (κ3) is 6.55. The van der Waals surface area contributed by atoms with Gasteiger partial charge in [-0.05, 0) is 6.42 Å². The van der Waals surface area contributed by atoms with E-state index in [1.54, 1.807) is 0 Å². The van der Waals surface area contributed by atoms with Crippen molar-refractivity contribution in [1.82, 2.24) is 10.6 Å². The molecule has 0 atom stereocenters. The van der Waals surface area contributed by atoms with E-state index in [1.807, 2.05) is 20.8 Å². The molecule has 6 heteroatoms. The zero-order valence-electron chi connectivity index (χ0n) is 10.6. The SMILES string of the molecule is CCCC(C)(C)C(=O)NCC(=O)NCC(N)=O. The molecule has 6 nitrogen and oxygen atoms in total. The number of nitrogens with two attached hydrogens (primary N) is 1. The Morgan fingerprint density at radius 1 is 1.12 bits per heavy atom. The largest absolute Gasteiger partial charge is 0.368 e. The predicted octanol–water partition coefficient (Wildman–Crippen LogP) is -0.470. The summed E-state index contributed by atoms with van der Waals surface area (Å²) in [5.41, 5.74) is 4.38. The first-order chi connectivity index (χ1) is 7.79. The summed E-state index contributed by atoms with van der Waals surface area (Å²) in [6.45, 7) is 5.29. The zero-order valence-corrected chi connectivity index (χ0v) is 10.6. The molecule has 98 valence electrons. The van der Waals surface area contributed by atoms with Crippen LogP contribution in [0.5, 0.6) is 0 Å². The van der Waals surface area contributed by atoms with Gasteiger partial charge in [0.15, 0.2) is 0 Å². The van der Waals surface area contributed by atoms with Crippen molar-refractivity contribution < 1.29 is 14.4 Å². The molecular weight excluding hydrogens is 222 g/mol. The summed E-state index contributed by atoms with van der Waals surface area (Å²) in [6, 6.07) is 0. The van der Waals surface area contributed by atoms with Gasteiger partial charge in [-0.25, -0.2) is 0 Å². The third-order valence-electron chi connectivity index (χ3n) is 2.36. The Bertz CT molecular complexity index is 300. The van der Waals surface area contributed by atoms with E-state index in [4.69, 9.17) is 5.73 Å². The average molecular weight is 243 g/mol. The normalized spacial score (nSPS) is 10.8. The van der Waals surface area contributed by atoms with E-state index in [1.165, 1.54) is 0 Å². The van der Waals surface area contributed by atoms with E-state index in [0.29, 0.717) is 0 Å². The molecule has 0 saturated heterocycles. The molecule has 3 amide bonds. The lowest BCUT2D eigenvalue weighted by Gasteiger charge is -2.22. The summed E-state index contributed by atoms with van der Waals surface area (Å²) in [5.74, 6) is -1.21. The van der Waals surface area contributed by atoms with Gasteiger partial charge in [-0.1, -0.05) is 27.2 Å². The van der Waals surface area contributed by atoms with Gasteiger partial charge in [0.05, 0.1) is 13.1 Å². The maximum Gasteiger partial charge on any atom is 0.239 e. The van der Waals surface area contributed by atoms with Gasteiger partial charge >= 0.3 is 0 Å². The van der Waals surface area contributed by atoms with Crippen molar-refractivity contribution in [1.29, 1.82) is 0 Å². The van der Waals surface area contributed by atoms with Crippen LogP contribution in [-0.2, 0) is 14.4 Å². The van der Waals surface area contributed by atoms with Crippen LogP contribution in [0.15, 0.2) is 0 Å². The topological polar surface area (TPSA) is 101 Å². The monoisotopic (exact) mass is 243 g/mol. The molecular formula is C11H21N3O3. The molecule has 0 aromatic rings. The smallest absolute Gasteiger partial charge is 0.239 e. The molecule has 0 heterocycles. The van der Waals surface area contributed by atoms with Crippen LogP contribution < -0.4 is 16.4 Å². The molecule has 0 aromatic carbocycles. The van der Waals surface area contributed by atoms with Crippen LogP contribution >= 0.6 is 0 Å². The number of hydrogen-bond donors (Lipinski definition) is 3. The van der Waals surface area contributed by atoms with E-state index >= 15 is 0 Å². The van der Waals surface area contributed by atoms with Crippen molar-refractivity contribution >= 4 is 17.7 Å². The maximum absolute atomic E-state index is 11.7. The van der Waals surface area contributed by atoms with Crippen LogP contribution in [0, 0.1) is 5.41 Å². The fourth-order valence-corrected chi connectivity index (χ4v) is 1.39. The minimum atomic E-state index is -0.615. The summed E-state index contributed by atoms with van der Waals surface area (Å²) < 4.78 is 0. The Morgan fingerprint density at radius 3 is 2.18 bits per heavy atom. The number of primary amides is 1. The first-order valence-electron chi connectivity index (χ1n) is 5.63. The fourth-order valence-electron chi connectivity index (χ4n) is 1.39. The van der Waals surface area contributed by atoms with Gasteiger partial charge in [-0.15, -0.1) is 0 Å². The Balaban J connectivity index is 3.99. The lowest BCUT2D eigenvalue weighted by atomic mass is 9.87. The van der Waals surface area contributed by atoms with E-state index < -0.39 is 17.2 Å². The van der Waals surface area contributed by atoms with Crippen molar-refractivity contribution in [3.8, 4) is 0 Å². The van der Waals surface area contributed by atoms with E-state index in [9.17, 15) is 14.4 Å². The number of carbonyl (C=O) groups is 3. The molecule has 0 aliphatic carbocycles. The highest BCUT2D eigenvalue weighted by atomic mass is 16.2. The second-order valence-corrected chi connectivity index (χ2v) is 4.56. The summed E-state index contributed by atoms with van der Waals surface area (Å²) in [5, 5.41) is 4.82. The van der Waals surface area contributed by atoms with Gasteiger partial charge in [0.25, 0.3) is 0 Å². The van der Waals surface area contributed by atoms with Crippen LogP contribution in [0.3, 0.4) is 0 Å². The molecule has 0 spiro atoms. The minimum absolute atomic E-state index is 0.140. The van der Waals surface area contributed by atoms with Crippen molar-refractivity contribution in [2.45, 2.75) is 33.6 Å². The summed E-state index contributed by atoms with van der Waals surface area (Å²) in [7, 11) is 0. The van der Waals surface area contributed by atoms with Gasteiger partial charge in [0, 0.05) is 5.41 Å². The molecule has 0 aliphatic rings. The Hall–Kier alpha value is -1.59. The highest BCUT2D eigenvalue weighted by Gasteiger charge is 2.26. The van der Waals surface area contributed by atoms with Gasteiger partial charge in [-0.2, -0.15) is 0 Å². The summed E-state index contributed by atoms with van der Waals surface area (Å²) in [6.07, 6.45) is 1.65. The molecule has 0 radical (unpaired) electrons. The number of hydrogen-bond acceptors (Lipinski definition) is 3. The third-order valence-corrected chi connectivity index (χ3v) is 2.36. The minimum Gasteiger partial charge on any atom is -0.368 e. The quantitative estimate of drug-likeness (QED) is 0.563. The number of rotatable bonds is 7. The lowest BCUT2D eigenvalue weighted by molar-refractivity contribution is -0.132. The predicted molar refractivity (Wildman–Crippen MR) is 63.9 cm³/mol. The molecule has 0 rings (SSSR count). The van der Waals surface area contributed by atoms with Gasteiger partial charge in [0.2, 0.25) is 17.7 Å². The van der Waals surface area contributed by atoms with Gasteiger partial charge in [0.1, 0.15) is 0 Å². The highest BCUT2D eigenvalue weighted by Crippen LogP contribution is 2.21. The number of nitrogens with one attached hydrogen (secondary N) is 2. The first-order valence-corrected chi connectivity index (χ1v) is 5.63. The molecule has 0 aliphatic heterocycles. The van der Waals surface area contributed by atoms with E-state index in [0.717, 1.165) is 12.8 Å². The van der Waals surface area contributed by atoms with Crippen LogP contribution in [0.4, 0.5) is 0 Å². The Kier molecular flexibility index (Phi) is 6.23. The van der Waals surface area contributed by atoms with Crippen LogP contribution in [-0.4, -0.2) is 30.8 Å². The second kappa shape index (κ2) is 6.88. The van der Waals surface area contributed by atoms with Crippen LogP contribution in [0.25, 0.3) is 0 Å². The molecule has 17 heavy (non-hydrogen) atoms. The zero-order chi connectivity index (χ0) is 13.5. The molecule has 0 unspecified atom stereocenters. The van der Waals surface area contributed by atoms with Crippen LogP contribution in [0.2, 0.25) is 0 Å². The lowest BCUT2D eigenvalue weighted by Crippen LogP contribution is -2.44. The van der Waals surface area contributed by atoms with E-state index in [-0.39, 0.29) is 19.0 Å².